The number of carboxylic acid groups (broad SMARTS) is 1. The molecule has 0 aromatic rings. The topological polar surface area (TPSA) is 89.9 Å². The van der Waals surface area contributed by atoms with Crippen LogP contribution in [0.1, 0.15) is 44.9 Å². The van der Waals surface area contributed by atoms with Crippen molar-refractivity contribution in [1.29, 1.82) is 0 Å². The quantitative estimate of drug-likeness (QED) is 0.797. The molecule has 130 valence electrons. The predicted molar refractivity (Wildman–Crippen MR) is 85.0 cm³/mol. The van der Waals surface area contributed by atoms with E-state index < -0.39 is 5.97 Å². The Morgan fingerprint density at radius 1 is 1.17 bits per heavy atom. The van der Waals surface area contributed by atoms with E-state index in [-0.39, 0.29) is 36.9 Å². The largest absolute Gasteiger partial charge is 0.481 e. The van der Waals surface area contributed by atoms with Gasteiger partial charge in [-0.05, 0) is 19.3 Å². The third-order valence-corrected chi connectivity index (χ3v) is 4.79. The Labute approximate surface area is 137 Å². The van der Waals surface area contributed by atoms with Crippen LogP contribution in [0.4, 0.5) is 4.79 Å². The van der Waals surface area contributed by atoms with Crippen LogP contribution in [0, 0.1) is 5.92 Å². The summed E-state index contributed by atoms with van der Waals surface area (Å²) in [6, 6.07) is -0.314. The maximum absolute atomic E-state index is 12.5. The van der Waals surface area contributed by atoms with Crippen LogP contribution >= 0.6 is 0 Å². The van der Waals surface area contributed by atoms with Gasteiger partial charge >= 0.3 is 12.0 Å². The molecule has 1 aliphatic carbocycles. The number of aliphatic carboxylic acids is 1. The second kappa shape index (κ2) is 8.17. The molecule has 3 amide bonds. The fraction of sp³-hybridized carbons (Fsp3) is 0.812. The molecular formula is C16H27N3O4. The fourth-order valence-corrected chi connectivity index (χ4v) is 3.34. The minimum atomic E-state index is -0.922. The summed E-state index contributed by atoms with van der Waals surface area (Å²) < 4.78 is 0. The first-order valence-electron chi connectivity index (χ1n) is 8.49. The summed E-state index contributed by atoms with van der Waals surface area (Å²) in [5.41, 5.74) is 0. The Balaban J connectivity index is 1.75. The van der Waals surface area contributed by atoms with Gasteiger partial charge in [0.1, 0.15) is 0 Å². The first kappa shape index (κ1) is 17.6. The average Bonchev–Trinajstić information content (AvgIpc) is 3.01. The number of amides is 3. The molecule has 2 rings (SSSR count). The second-order valence-electron chi connectivity index (χ2n) is 6.62. The summed E-state index contributed by atoms with van der Waals surface area (Å²) in [5, 5.41) is 11.5. The van der Waals surface area contributed by atoms with Crippen molar-refractivity contribution < 1.29 is 19.5 Å². The standard InChI is InChI=1S/C16H27N3O4/c1-18(9-8-14(20)21)16(23)17-13-7-10-19(11-13)15(22)12-5-3-2-4-6-12/h12-13H,2-11H2,1H3,(H,17,23)(H,20,21). The summed E-state index contributed by atoms with van der Waals surface area (Å²) in [7, 11) is 1.58. The lowest BCUT2D eigenvalue weighted by Gasteiger charge is -2.26. The molecular weight excluding hydrogens is 298 g/mol. The number of urea groups is 1. The van der Waals surface area contributed by atoms with E-state index in [1.807, 2.05) is 4.90 Å². The van der Waals surface area contributed by atoms with Gasteiger partial charge in [-0.25, -0.2) is 4.79 Å². The molecule has 0 bridgehead atoms. The molecule has 1 aliphatic heterocycles. The number of hydrogen-bond donors (Lipinski definition) is 2. The monoisotopic (exact) mass is 325 g/mol. The van der Waals surface area contributed by atoms with Crippen molar-refractivity contribution in [3.63, 3.8) is 0 Å². The van der Waals surface area contributed by atoms with Crippen LogP contribution in [-0.2, 0) is 9.59 Å². The zero-order valence-electron chi connectivity index (χ0n) is 13.8. The number of carbonyl (C=O) groups is 3. The molecule has 1 unspecified atom stereocenters. The lowest BCUT2D eigenvalue weighted by molar-refractivity contribution is -0.137. The van der Waals surface area contributed by atoms with Gasteiger partial charge in [-0.3, -0.25) is 9.59 Å². The zero-order chi connectivity index (χ0) is 16.8. The van der Waals surface area contributed by atoms with Crippen LogP contribution in [-0.4, -0.2) is 65.5 Å². The zero-order valence-corrected chi connectivity index (χ0v) is 13.8. The average molecular weight is 325 g/mol. The smallest absolute Gasteiger partial charge is 0.317 e. The molecule has 7 nitrogen and oxygen atoms in total. The highest BCUT2D eigenvalue weighted by molar-refractivity contribution is 5.80. The lowest BCUT2D eigenvalue weighted by atomic mass is 9.88. The number of nitrogens with one attached hydrogen (secondary N) is 1. The van der Waals surface area contributed by atoms with E-state index in [4.69, 9.17) is 5.11 Å². The van der Waals surface area contributed by atoms with Crippen LogP contribution in [0.3, 0.4) is 0 Å². The van der Waals surface area contributed by atoms with Crippen molar-refractivity contribution in [3.05, 3.63) is 0 Å². The molecule has 7 heteroatoms. The Hall–Kier alpha value is -1.79. The summed E-state index contributed by atoms with van der Waals surface area (Å²) in [4.78, 5) is 38.3. The number of nitrogens with zero attached hydrogens (tertiary/aromatic N) is 2. The molecule has 0 aromatic heterocycles. The maximum atomic E-state index is 12.5. The van der Waals surface area contributed by atoms with Gasteiger partial charge in [0.2, 0.25) is 5.91 Å². The Kier molecular flexibility index (Phi) is 6.24. The number of hydrogen-bond acceptors (Lipinski definition) is 3. The van der Waals surface area contributed by atoms with Gasteiger partial charge in [0.05, 0.1) is 6.42 Å². The molecule has 0 aromatic carbocycles. The molecule has 2 fully saturated rings. The minimum Gasteiger partial charge on any atom is -0.481 e. The highest BCUT2D eigenvalue weighted by Crippen LogP contribution is 2.26. The summed E-state index contributed by atoms with van der Waals surface area (Å²) >= 11 is 0. The summed E-state index contributed by atoms with van der Waals surface area (Å²) in [6.07, 6.45) is 6.18. The third-order valence-electron chi connectivity index (χ3n) is 4.79. The number of carbonyl (C=O) groups excluding carboxylic acids is 2. The van der Waals surface area contributed by atoms with Crippen LogP contribution in [0.15, 0.2) is 0 Å². The van der Waals surface area contributed by atoms with Gasteiger partial charge in [-0.15, -0.1) is 0 Å². The maximum Gasteiger partial charge on any atom is 0.317 e. The molecule has 2 N–H and O–H groups in total. The normalized spacial score (nSPS) is 22.0. The first-order chi connectivity index (χ1) is 11.0. The molecule has 23 heavy (non-hydrogen) atoms. The van der Waals surface area contributed by atoms with E-state index in [2.05, 4.69) is 5.32 Å². The van der Waals surface area contributed by atoms with E-state index in [0.29, 0.717) is 13.1 Å². The van der Waals surface area contributed by atoms with Gasteiger partial charge in [0.15, 0.2) is 0 Å². The van der Waals surface area contributed by atoms with Gasteiger partial charge in [0.25, 0.3) is 0 Å². The fourth-order valence-electron chi connectivity index (χ4n) is 3.34. The Bertz CT molecular complexity index is 449. The Morgan fingerprint density at radius 2 is 1.87 bits per heavy atom. The minimum absolute atomic E-state index is 0.0395. The first-order valence-corrected chi connectivity index (χ1v) is 8.49. The molecule has 1 atom stereocenters. The van der Waals surface area contributed by atoms with Gasteiger partial charge in [-0.1, -0.05) is 19.3 Å². The number of rotatable bonds is 5. The summed E-state index contributed by atoms with van der Waals surface area (Å²) in [6.45, 7) is 1.44. The molecule has 0 spiro atoms. The number of carboxylic acids is 1. The van der Waals surface area contributed by atoms with E-state index in [9.17, 15) is 14.4 Å². The molecule has 2 aliphatic rings. The van der Waals surface area contributed by atoms with Crippen LogP contribution in [0.25, 0.3) is 0 Å². The predicted octanol–water partition coefficient (Wildman–Crippen LogP) is 1.28. The van der Waals surface area contributed by atoms with Crippen LogP contribution in [0.2, 0.25) is 0 Å². The molecule has 1 saturated carbocycles. The van der Waals surface area contributed by atoms with Crippen molar-refractivity contribution in [3.8, 4) is 0 Å². The molecule has 1 saturated heterocycles. The highest BCUT2D eigenvalue weighted by Gasteiger charge is 2.32. The van der Waals surface area contributed by atoms with Crippen molar-refractivity contribution in [1.82, 2.24) is 15.1 Å². The second-order valence-corrected chi connectivity index (χ2v) is 6.62. The van der Waals surface area contributed by atoms with Crippen molar-refractivity contribution in [2.75, 3.05) is 26.7 Å². The van der Waals surface area contributed by atoms with Crippen molar-refractivity contribution in [2.45, 2.75) is 51.0 Å². The van der Waals surface area contributed by atoms with Gasteiger partial charge < -0.3 is 20.2 Å². The molecule has 1 heterocycles. The van der Waals surface area contributed by atoms with E-state index in [0.717, 1.165) is 32.1 Å². The van der Waals surface area contributed by atoms with Crippen LogP contribution in [0.5, 0.6) is 0 Å². The lowest BCUT2D eigenvalue weighted by Crippen LogP contribution is -2.45. The summed E-state index contributed by atoms with van der Waals surface area (Å²) in [5.74, 6) is -0.521. The van der Waals surface area contributed by atoms with E-state index >= 15 is 0 Å². The Morgan fingerprint density at radius 3 is 2.52 bits per heavy atom. The van der Waals surface area contributed by atoms with Crippen molar-refractivity contribution in [2.24, 2.45) is 5.92 Å². The number of likely N-dealkylation sites (tertiary alicyclic amines) is 1. The van der Waals surface area contributed by atoms with E-state index in [1.165, 1.54) is 11.3 Å². The van der Waals surface area contributed by atoms with Gasteiger partial charge in [-0.2, -0.15) is 0 Å². The van der Waals surface area contributed by atoms with Gasteiger partial charge in [0, 0.05) is 38.6 Å². The van der Waals surface area contributed by atoms with E-state index in [1.54, 1.807) is 7.05 Å². The molecule has 0 radical (unpaired) electrons. The third kappa shape index (κ3) is 5.11. The SMILES string of the molecule is CN(CCC(=O)O)C(=O)NC1CCN(C(=O)C2CCCCC2)C1. The van der Waals surface area contributed by atoms with Crippen LogP contribution < -0.4 is 5.32 Å². The highest BCUT2D eigenvalue weighted by atomic mass is 16.4. The van der Waals surface area contributed by atoms with Crippen molar-refractivity contribution >= 4 is 17.9 Å².